The molecule has 0 bridgehead atoms. The molecule has 0 aliphatic heterocycles. The number of benzene rings is 1. The number of rotatable bonds is 5. The molecule has 1 N–H and O–H groups in total. The standard InChI is InChI=1S/C10H11ClO3S/c1-15-5-4-14-9-3-2-7(11)6-8(9)10(12)13/h2-3,6H,4-5H2,1H3,(H,12,13). The van der Waals surface area contributed by atoms with Gasteiger partial charge in [0.25, 0.3) is 0 Å². The molecule has 0 fully saturated rings. The van der Waals surface area contributed by atoms with Crippen molar-refractivity contribution < 1.29 is 14.6 Å². The maximum absolute atomic E-state index is 10.9. The lowest BCUT2D eigenvalue weighted by Gasteiger charge is -2.08. The Morgan fingerprint density at radius 2 is 2.33 bits per heavy atom. The second-order valence-corrected chi connectivity index (χ2v) is 4.21. The predicted octanol–water partition coefficient (Wildman–Crippen LogP) is 2.78. The van der Waals surface area contributed by atoms with Crippen molar-refractivity contribution in [1.29, 1.82) is 0 Å². The van der Waals surface area contributed by atoms with Crippen molar-refractivity contribution in [3.05, 3.63) is 28.8 Å². The quantitative estimate of drug-likeness (QED) is 0.812. The van der Waals surface area contributed by atoms with Gasteiger partial charge in [-0.05, 0) is 24.5 Å². The van der Waals surface area contributed by atoms with Gasteiger partial charge in [0, 0.05) is 10.8 Å². The first-order valence-corrected chi connectivity index (χ1v) is 6.07. The zero-order valence-corrected chi connectivity index (χ0v) is 9.77. The van der Waals surface area contributed by atoms with E-state index in [0.717, 1.165) is 5.75 Å². The van der Waals surface area contributed by atoms with Crippen LogP contribution in [0.2, 0.25) is 5.02 Å². The topological polar surface area (TPSA) is 46.5 Å². The lowest BCUT2D eigenvalue weighted by molar-refractivity contribution is 0.0692. The van der Waals surface area contributed by atoms with Crippen molar-refractivity contribution in [3.63, 3.8) is 0 Å². The van der Waals surface area contributed by atoms with Gasteiger partial charge in [-0.1, -0.05) is 11.6 Å². The average Bonchev–Trinajstić information content (AvgIpc) is 2.20. The largest absolute Gasteiger partial charge is 0.492 e. The number of carboxylic acids is 1. The molecular formula is C10H11ClO3S. The first kappa shape index (κ1) is 12.2. The van der Waals surface area contributed by atoms with Crippen LogP contribution in [0.5, 0.6) is 5.75 Å². The third-order valence-electron chi connectivity index (χ3n) is 1.72. The summed E-state index contributed by atoms with van der Waals surface area (Å²) < 4.78 is 5.33. The van der Waals surface area contributed by atoms with Crippen molar-refractivity contribution in [2.45, 2.75) is 0 Å². The van der Waals surface area contributed by atoms with Gasteiger partial charge in [0.15, 0.2) is 0 Å². The molecular weight excluding hydrogens is 236 g/mol. The zero-order chi connectivity index (χ0) is 11.3. The summed E-state index contributed by atoms with van der Waals surface area (Å²) in [5, 5.41) is 9.30. The molecule has 3 nitrogen and oxygen atoms in total. The van der Waals surface area contributed by atoms with Crippen LogP contribution in [-0.4, -0.2) is 29.7 Å². The van der Waals surface area contributed by atoms with Crippen LogP contribution >= 0.6 is 23.4 Å². The third kappa shape index (κ3) is 3.64. The summed E-state index contributed by atoms with van der Waals surface area (Å²) >= 11 is 7.34. The van der Waals surface area contributed by atoms with Gasteiger partial charge in [-0.25, -0.2) is 4.79 Å². The van der Waals surface area contributed by atoms with Crippen LogP contribution in [0.25, 0.3) is 0 Å². The molecule has 82 valence electrons. The molecule has 15 heavy (non-hydrogen) atoms. The highest BCUT2D eigenvalue weighted by Crippen LogP contribution is 2.22. The van der Waals surface area contributed by atoms with E-state index in [1.807, 2.05) is 6.26 Å². The van der Waals surface area contributed by atoms with Gasteiger partial charge in [0.05, 0.1) is 6.61 Å². The summed E-state index contributed by atoms with van der Waals surface area (Å²) in [5.41, 5.74) is 0.101. The van der Waals surface area contributed by atoms with Gasteiger partial charge >= 0.3 is 5.97 Å². The fourth-order valence-electron chi connectivity index (χ4n) is 1.03. The summed E-state index contributed by atoms with van der Waals surface area (Å²) in [4.78, 5) is 10.9. The summed E-state index contributed by atoms with van der Waals surface area (Å²) in [6, 6.07) is 4.58. The van der Waals surface area contributed by atoms with Crippen LogP contribution in [0.3, 0.4) is 0 Å². The molecule has 0 unspecified atom stereocenters. The van der Waals surface area contributed by atoms with E-state index in [-0.39, 0.29) is 5.56 Å². The molecule has 5 heteroatoms. The fraction of sp³-hybridized carbons (Fsp3) is 0.300. The summed E-state index contributed by atoms with van der Waals surface area (Å²) in [7, 11) is 0. The second-order valence-electron chi connectivity index (χ2n) is 2.79. The van der Waals surface area contributed by atoms with Crippen molar-refractivity contribution in [2.75, 3.05) is 18.6 Å². The minimum atomic E-state index is -1.03. The highest BCUT2D eigenvalue weighted by Gasteiger charge is 2.11. The van der Waals surface area contributed by atoms with Gasteiger partial charge in [-0.15, -0.1) is 0 Å². The Morgan fingerprint density at radius 1 is 1.60 bits per heavy atom. The van der Waals surface area contributed by atoms with E-state index in [2.05, 4.69) is 0 Å². The lowest BCUT2D eigenvalue weighted by Crippen LogP contribution is -2.05. The molecule has 0 aliphatic rings. The number of hydrogen-bond acceptors (Lipinski definition) is 3. The maximum Gasteiger partial charge on any atom is 0.339 e. The van der Waals surface area contributed by atoms with Crippen LogP contribution in [0.1, 0.15) is 10.4 Å². The molecule has 0 radical (unpaired) electrons. The Morgan fingerprint density at radius 3 is 2.93 bits per heavy atom. The zero-order valence-electron chi connectivity index (χ0n) is 8.20. The van der Waals surface area contributed by atoms with E-state index in [0.29, 0.717) is 17.4 Å². The number of carboxylic acid groups (broad SMARTS) is 1. The number of carbonyl (C=O) groups is 1. The van der Waals surface area contributed by atoms with E-state index >= 15 is 0 Å². The van der Waals surface area contributed by atoms with Crippen LogP contribution in [0, 0.1) is 0 Å². The minimum Gasteiger partial charge on any atom is -0.492 e. The molecule has 1 aromatic rings. The molecule has 0 saturated heterocycles. The van der Waals surface area contributed by atoms with Crippen molar-refractivity contribution in [1.82, 2.24) is 0 Å². The monoisotopic (exact) mass is 246 g/mol. The Bertz CT molecular complexity index is 355. The van der Waals surface area contributed by atoms with Crippen LogP contribution in [0.15, 0.2) is 18.2 Å². The normalized spacial score (nSPS) is 10.0. The Hall–Kier alpha value is -0.870. The molecule has 0 aromatic heterocycles. The van der Waals surface area contributed by atoms with Crippen LogP contribution in [-0.2, 0) is 0 Å². The van der Waals surface area contributed by atoms with Gasteiger partial charge in [-0.3, -0.25) is 0 Å². The highest BCUT2D eigenvalue weighted by atomic mass is 35.5. The molecule has 1 rings (SSSR count). The lowest BCUT2D eigenvalue weighted by atomic mass is 10.2. The predicted molar refractivity (Wildman–Crippen MR) is 62.3 cm³/mol. The highest BCUT2D eigenvalue weighted by molar-refractivity contribution is 7.98. The number of ether oxygens (including phenoxy) is 1. The van der Waals surface area contributed by atoms with Crippen molar-refractivity contribution in [2.24, 2.45) is 0 Å². The van der Waals surface area contributed by atoms with Gasteiger partial charge < -0.3 is 9.84 Å². The van der Waals surface area contributed by atoms with Gasteiger partial charge in [0.2, 0.25) is 0 Å². The molecule has 0 saturated carbocycles. The Labute approximate surface area is 97.4 Å². The van der Waals surface area contributed by atoms with Crippen LogP contribution < -0.4 is 4.74 Å². The van der Waals surface area contributed by atoms with Gasteiger partial charge in [0.1, 0.15) is 11.3 Å². The van der Waals surface area contributed by atoms with E-state index in [1.165, 1.54) is 6.07 Å². The number of aromatic carboxylic acids is 1. The average molecular weight is 247 g/mol. The van der Waals surface area contributed by atoms with E-state index in [4.69, 9.17) is 21.4 Å². The number of hydrogen-bond donors (Lipinski definition) is 1. The number of thioether (sulfide) groups is 1. The molecule has 1 aromatic carbocycles. The van der Waals surface area contributed by atoms with Crippen molar-refractivity contribution in [3.8, 4) is 5.75 Å². The smallest absolute Gasteiger partial charge is 0.339 e. The molecule has 0 spiro atoms. The molecule has 0 atom stereocenters. The number of halogens is 1. The summed E-state index contributed by atoms with van der Waals surface area (Å²) in [6.07, 6.45) is 1.96. The summed E-state index contributed by atoms with van der Waals surface area (Å²) in [6.45, 7) is 0.489. The molecule has 0 heterocycles. The van der Waals surface area contributed by atoms with Crippen molar-refractivity contribution >= 4 is 29.3 Å². The second kappa shape index (κ2) is 5.88. The van der Waals surface area contributed by atoms with E-state index in [1.54, 1.807) is 23.9 Å². The van der Waals surface area contributed by atoms with Gasteiger partial charge in [-0.2, -0.15) is 11.8 Å². The fourth-order valence-corrected chi connectivity index (χ4v) is 1.45. The Balaban J connectivity index is 2.81. The Kier molecular flexibility index (Phi) is 4.78. The first-order chi connectivity index (χ1) is 7.15. The summed E-state index contributed by atoms with van der Waals surface area (Å²) in [5.74, 6) is 0.152. The third-order valence-corrected chi connectivity index (χ3v) is 2.53. The first-order valence-electron chi connectivity index (χ1n) is 4.29. The van der Waals surface area contributed by atoms with E-state index in [9.17, 15) is 4.79 Å². The SMILES string of the molecule is CSCCOc1ccc(Cl)cc1C(=O)O. The molecule has 0 aliphatic carbocycles. The minimum absolute atomic E-state index is 0.101. The van der Waals surface area contributed by atoms with Crippen LogP contribution in [0.4, 0.5) is 0 Å². The maximum atomic E-state index is 10.9. The molecule has 0 amide bonds. The van der Waals surface area contributed by atoms with E-state index < -0.39 is 5.97 Å².